The average molecular weight is 353 g/mol. The number of hydrogen-bond donors (Lipinski definition) is 1. The first-order valence-electron chi connectivity index (χ1n) is 7.41. The van der Waals surface area contributed by atoms with Gasteiger partial charge in [0.05, 0.1) is 5.56 Å². The molecule has 1 N–H and O–H groups in total. The summed E-state index contributed by atoms with van der Waals surface area (Å²) in [6.45, 7) is 0.461. The van der Waals surface area contributed by atoms with Crippen molar-refractivity contribution < 1.29 is 32.2 Å². The number of fused-ring (bicyclic) bond motifs is 1. The van der Waals surface area contributed by atoms with E-state index in [2.05, 4.69) is 5.32 Å². The Morgan fingerprint density at radius 2 is 1.84 bits per heavy atom. The Hall–Kier alpha value is -2.90. The van der Waals surface area contributed by atoms with E-state index in [-0.39, 0.29) is 5.75 Å². The molecule has 2 aromatic carbocycles. The van der Waals surface area contributed by atoms with Crippen molar-refractivity contribution in [1.82, 2.24) is 0 Å². The van der Waals surface area contributed by atoms with Gasteiger partial charge in [-0.3, -0.25) is 4.79 Å². The van der Waals surface area contributed by atoms with Crippen LogP contribution in [-0.4, -0.2) is 25.7 Å². The molecule has 0 aromatic heterocycles. The molecule has 1 heterocycles. The van der Waals surface area contributed by atoms with Crippen molar-refractivity contribution >= 4 is 11.6 Å². The molecule has 1 amide bonds. The predicted octanol–water partition coefficient (Wildman–Crippen LogP) is 3.49. The van der Waals surface area contributed by atoms with Crippen molar-refractivity contribution in [3.8, 4) is 17.2 Å². The SMILES string of the molecule is O=C(COc1cccc(C(F)(F)F)c1)Nc1ccc2c(c1)OCCO2. The summed E-state index contributed by atoms with van der Waals surface area (Å²) >= 11 is 0. The fraction of sp³-hybridized carbons (Fsp3) is 0.235. The number of rotatable bonds is 4. The maximum absolute atomic E-state index is 12.6. The fourth-order valence-electron chi connectivity index (χ4n) is 2.23. The van der Waals surface area contributed by atoms with Crippen LogP contribution in [0.5, 0.6) is 17.2 Å². The van der Waals surface area contributed by atoms with Gasteiger partial charge in [-0.25, -0.2) is 0 Å². The summed E-state index contributed by atoms with van der Waals surface area (Å²) in [6, 6.07) is 9.26. The lowest BCUT2D eigenvalue weighted by atomic mass is 10.2. The Balaban J connectivity index is 1.58. The quantitative estimate of drug-likeness (QED) is 0.914. The van der Waals surface area contributed by atoms with E-state index in [0.29, 0.717) is 30.4 Å². The van der Waals surface area contributed by atoms with E-state index < -0.39 is 24.3 Å². The second kappa shape index (κ2) is 6.92. The minimum absolute atomic E-state index is 0.0350. The largest absolute Gasteiger partial charge is 0.486 e. The van der Waals surface area contributed by atoms with Gasteiger partial charge in [0.1, 0.15) is 19.0 Å². The Kier molecular flexibility index (Phi) is 4.69. The highest BCUT2D eigenvalue weighted by Crippen LogP contribution is 2.33. The Labute approximate surface area is 141 Å². The summed E-state index contributed by atoms with van der Waals surface area (Å²) in [4.78, 5) is 11.9. The summed E-state index contributed by atoms with van der Waals surface area (Å²) in [7, 11) is 0. The second-order valence-corrected chi connectivity index (χ2v) is 5.22. The lowest BCUT2D eigenvalue weighted by Crippen LogP contribution is -2.21. The number of benzene rings is 2. The summed E-state index contributed by atoms with van der Waals surface area (Å²) in [6.07, 6.45) is -4.47. The zero-order valence-electron chi connectivity index (χ0n) is 12.9. The van der Waals surface area contributed by atoms with E-state index in [4.69, 9.17) is 14.2 Å². The molecular weight excluding hydrogens is 339 g/mol. The molecule has 0 saturated heterocycles. The Bertz CT molecular complexity index is 777. The third-order valence-electron chi connectivity index (χ3n) is 3.36. The van der Waals surface area contributed by atoms with Crippen molar-refractivity contribution in [3.63, 3.8) is 0 Å². The van der Waals surface area contributed by atoms with E-state index in [9.17, 15) is 18.0 Å². The smallest absolute Gasteiger partial charge is 0.416 e. The number of alkyl halides is 3. The van der Waals surface area contributed by atoms with Crippen LogP contribution >= 0.6 is 0 Å². The molecule has 5 nitrogen and oxygen atoms in total. The number of nitrogens with one attached hydrogen (secondary N) is 1. The highest BCUT2D eigenvalue weighted by Gasteiger charge is 2.30. The third kappa shape index (κ3) is 4.34. The van der Waals surface area contributed by atoms with Crippen molar-refractivity contribution in [1.29, 1.82) is 0 Å². The fourth-order valence-corrected chi connectivity index (χ4v) is 2.23. The van der Waals surface area contributed by atoms with Crippen molar-refractivity contribution in [2.45, 2.75) is 6.18 Å². The Morgan fingerprint density at radius 1 is 1.08 bits per heavy atom. The van der Waals surface area contributed by atoms with Crippen LogP contribution in [-0.2, 0) is 11.0 Å². The zero-order chi connectivity index (χ0) is 17.9. The normalized spacial score (nSPS) is 13.2. The number of carbonyl (C=O) groups is 1. The molecule has 0 atom stereocenters. The molecule has 8 heteroatoms. The molecular formula is C17H14F3NO4. The standard InChI is InChI=1S/C17H14F3NO4/c18-17(19,20)11-2-1-3-13(8-11)25-10-16(22)21-12-4-5-14-15(9-12)24-7-6-23-14/h1-5,8-9H,6-7,10H2,(H,21,22). The lowest BCUT2D eigenvalue weighted by Gasteiger charge is -2.19. The molecule has 0 fully saturated rings. The van der Waals surface area contributed by atoms with Crippen LogP contribution in [0.1, 0.15) is 5.56 Å². The summed E-state index contributed by atoms with van der Waals surface area (Å²) in [5.41, 5.74) is -0.362. The predicted molar refractivity (Wildman–Crippen MR) is 83.0 cm³/mol. The summed E-state index contributed by atoms with van der Waals surface area (Å²) in [5.74, 6) is 0.563. The molecule has 25 heavy (non-hydrogen) atoms. The number of halogens is 3. The van der Waals surface area contributed by atoms with Gasteiger partial charge in [-0.1, -0.05) is 6.07 Å². The monoisotopic (exact) mass is 353 g/mol. The molecule has 0 spiro atoms. The van der Waals surface area contributed by atoms with Crippen molar-refractivity contribution in [2.75, 3.05) is 25.1 Å². The van der Waals surface area contributed by atoms with E-state index in [1.54, 1.807) is 18.2 Å². The van der Waals surface area contributed by atoms with E-state index in [1.807, 2.05) is 0 Å². The molecule has 2 aromatic rings. The second-order valence-electron chi connectivity index (χ2n) is 5.22. The molecule has 1 aliphatic rings. The van der Waals surface area contributed by atoms with E-state index >= 15 is 0 Å². The number of anilines is 1. The molecule has 132 valence electrons. The lowest BCUT2D eigenvalue weighted by molar-refractivity contribution is -0.137. The van der Waals surface area contributed by atoms with Gasteiger partial charge in [-0.2, -0.15) is 13.2 Å². The van der Waals surface area contributed by atoms with Crippen LogP contribution in [0, 0.1) is 0 Å². The summed E-state index contributed by atoms with van der Waals surface area (Å²) < 4.78 is 53.8. The number of amides is 1. The van der Waals surface area contributed by atoms with Crippen LogP contribution in [0.4, 0.5) is 18.9 Å². The van der Waals surface area contributed by atoms with Gasteiger partial charge < -0.3 is 19.5 Å². The third-order valence-corrected chi connectivity index (χ3v) is 3.36. The van der Waals surface area contributed by atoms with Crippen LogP contribution < -0.4 is 19.5 Å². The first kappa shape index (κ1) is 16.9. The van der Waals surface area contributed by atoms with Gasteiger partial charge in [0, 0.05) is 11.8 Å². The number of carbonyl (C=O) groups excluding carboxylic acids is 1. The number of hydrogen-bond acceptors (Lipinski definition) is 4. The molecule has 0 saturated carbocycles. The van der Waals surface area contributed by atoms with E-state index in [0.717, 1.165) is 12.1 Å². The zero-order valence-corrected chi connectivity index (χ0v) is 12.9. The molecule has 1 aliphatic heterocycles. The van der Waals surface area contributed by atoms with Crippen LogP contribution in [0.25, 0.3) is 0 Å². The maximum atomic E-state index is 12.6. The van der Waals surface area contributed by atoms with Gasteiger partial charge in [0.15, 0.2) is 18.1 Å². The number of ether oxygens (including phenoxy) is 3. The van der Waals surface area contributed by atoms with Gasteiger partial charge >= 0.3 is 6.18 Å². The van der Waals surface area contributed by atoms with Crippen LogP contribution in [0.15, 0.2) is 42.5 Å². The molecule has 0 unspecified atom stereocenters. The minimum Gasteiger partial charge on any atom is -0.486 e. The molecule has 0 radical (unpaired) electrons. The maximum Gasteiger partial charge on any atom is 0.416 e. The van der Waals surface area contributed by atoms with Crippen molar-refractivity contribution in [2.24, 2.45) is 0 Å². The van der Waals surface area contributed by atoms with Gasteiger partial charge in [-0.15, -0.1) is 0 Å². The highest BCUT2D eigenvalue weighted by molar-refractivity contribution is 5.92. The van der Waals surface area contributed by atoms with E-state index in [1.165, 1.54) is 12.1 Å². The van der Waals surface area contributed by atoms with Gasteiger partial charge in [0.2, 0.25) is 0 Å². The highest BCUT2D eigenvalue weighted by atomic mass is 19.4. The Morgan fingerprint density at radius 3 is 2.60 bits per heavy atom. The van der Waals surface area contributed by atoms with Gasteiger partial charge in [0.25, 0.3) is 5.91 Å². The first-order valence-corrected chi connectivity index (χ1v) is 7.41. The first-order chi connectivity index (χ1) is 11.9. The molecule has 3 rings (SSSR count). The van der Waals surface area contributed by atoms with Crippen LogP contribution in [0.3, 0.4) is 0 Å². The molecule has 0 aliphatic carbocycles. The average Bonchev–Trinajstić information content (AvgIpc) is 2.59. The minimum atomic E-state index is -4.47. The topological polar surface area (TPSA) is 56.8 Å². The summed E-state index contributed by atoms with van der Waals surface area (Å²) in [5, 5.41) is 2.59. The van der Waals surface area contributed by atoms with Crippen LogP contribution in [0.2, 0.25) is 0 Å². The molecule has 0 bridgehead atoms. The van der Waals surface area contributed by atoms with Gasteiger partial charge in [-0.05, 0) is 30.3 Å². The van der Waals surface area contributed by atoms with Crippen molar-refractivity contribution in [3.05, 3.63) is 48.0 Å².